The molecule has 8 bridgehead atoms. The van der Waals surface area contributed by atoms with Crippen molar-refractivity contribution in [1.29, 1.82) is 5.26 Å². The first-order valence-electron chi connectivity index (χ1n) is 15.0. The zero-order chi connectivity index (χ0) is 28.6. The van der Waals surface area contributed by atoms with Gasteiger partial charge in [0.05, 0.1) is 17.0 Å². The van der Waals surface area contributed by atoms with E-state index < -0.39 is 17.3 Å². The number of fused-ring (bicyclic) bond motifs is 9. The van der Waals surface area contributed by atoms with Crippen LogP contribution in [0.4, 0.5) is 20.4 Å². The topological polar surface area (TPSA) is 80.1 Å². The molecule has 5 aliphatic rings. The van der Waals surface area contributed by atoms with Crippen LogP contribution in [0.2, 0.25) is 0 Å². The van der Waals surface area contributed by atoms with Gasteiger partial charge in [-0.3, -0.25) is 0 Å². The molecule has 1 aromatic carbocycles. The number of benzene rings is 1. The van der Waals surface area contributed by atoms with Crippen LogP contribution >= 0.6 is 0 Å². The Hall–Kier alpha value is -3.35. The van der Waals surface area contributed by atoms with E-state index in [9.17, 15) is 5.26 Å². The van der Waals surface area contributed by atoms with Crippen molar-refractivity contribution in [2.75, 3.05) is 49.5 Å². The zero-order valence-electron chi connectivity index (χ0n) is 23.8. The first-order valence-corrected chi connectivity index (χ1v) is 15.0. The van der Waals surface area contributed by atoms with Gasteiger partial charge in [-0.05, 0) is 94.9 Å². The number of nitriles is 1. The first-order chi connectivity index (χ1) is 19.8. The van der Waals surface area contributed by atoms with Gasteiger partial charge >= 0.3 is 0 Å². The van der Waals surface area contributed by atoms with E-state index in [2.05, 4.69) is 43.0 Å². The van der Waals surface area contributed by atoms with Crippen LogP contribution in [0.5, 0.6) is 0 Å². The molecule has 41 heavy (non-hydrogen) atoms. The third-order valence-corrected chi connectivity index (χ3v) is 9.34. The third kappa shape index (κ3) is 5.35. The monoisotopic (exact) mass is 559 g/mol. The molecule has 0 unspecified atom stereocenters. The highest BCUT2D eigenvalue weighted by Gasteiger charge is 2.50. The van der Waals surface area contributed by atoms with Gasteiger partial charge < -0.3 is 20.4 Å². The average Bonchev–Trinajstić information content (AvgIpc) is 3.78. The molecule has 1 aromatic heterocycles. The molecule has 216 valence electrons. The molecule has 0 amide bonds. The second kappa shape index (κ2) is 11.1. The van der Waals surface area contributed by atoms with Crippen molar-refractivity contribution in [2.45, 2.75) is 57.4 Å². The zero-order valence-corrected chi connectivity index (χ0v) is 23.8. The molecule has 5 heterocycles. The smallest absolute Gasteiger partial charge is 0.276 e. The van der Waals surface area contributed by atoms with Crippen LogP contribution in [0.1, 0.15) is 68.2 Å². The fourth-order valence-electron chi connectivity index (χ4n) is 6.53. The molecular weight excluding hydrogens is 520 g/mol. The number of aromatic nitrogens is 2. The van der Waals surface area contributed by atoms with E-state index in [0.717, 1.165) is 86.6 Å². The Balaban J connectivity index is 1.36. The molecule has 4 aliphatic heterocycles. The van der Waals surface area contributed by atoms with E-state index in [0.29, 0.717) is 25.2 Å². The maximum Gasteiger partial charge on any atom is 0.276 e. The number of allylic oxidation sites excluding steroid dienone is 1. The Bertz CT molecular complexity index is 1370. The predicted octanol–water partition coefficient (Wildman–Crippen LogP) is 5.86. The highest BCUT2D eigenvalue weighted by molar-refractivity contribution is 5.84. The molecule has 7 nitrogen and oxygen atoms in total. The maximum absolute atomic E-state index is 15.8. The van der Waals surface area contributed by atoms with Crippen molar-refractivity contribution in [3.8, 4) is 6.07 Å². The van der Waals surface area contributed by atoms with Crippen LogP contribution in [0.3, 0.4) is 0 Å². The summed E-state index contributed by atoms with van der Waals surface area (Å²) in [6.07, 6.45) is 8.24. The summed E-state index contributed by atoms with van der Waals surface area (Å²) in [5.41, 5.74) is 2.87. The first kappa shape index (κ1) is 27.8. The van der Waals surface area contributed by atoms with Crippen LogP contribution < -0.4 is 15.5 Å². The molecule has 0 spiro atoms. The molecule has 1 saturated heterocycles. The van der Waals surface area contributed by atoms with Gasteiger partial charge in [-0.15, -0.1) is 0 Å². The van der Waals surface area contributed by atoms with E-state index >= 15 is 8.78 Å². The number of nitrogens with one attached hydrogen (secondary N) is 2. The molecule has 9 heteroatoms. The van der Waals surface area contributed by atoms with Crippen molar-refractivity contribution < 1.29 is 8.78 Å². The quantitative estimate of drug-likeness (QED) is 0.453. The van der Waals surface area contributed by atoms with E-state index in [1.807, 2.05) is 19.1 Å². The van der Waals surface area contributed by atoms with E-state index in [-0.39, 0.29) is 11.6 Å². The number of rotatable bonds is 1. The van der Waals surface area contributed by atoms with Crippen molar-refractivity contribution in [2.24, 2.45) is 11.3 Å². The number of hydrogen-bond acceptors (Lipinski definition) is 7. The summed E-state index contributed by atoms with van der Waals surface area (Å²) < 4.78 is 31.6. The summed E-state index contributed by atoms with van der Waals surface area (Å²) in [5.74, 6) is -2.17. The van der Waals surface area contributed by atoms with Crippen LogP contribution in [-0.2, 0) is 5.92 Å². The minimum atomic E-state index is -2.88. The summed E-state index contributed by atoms with van der Waals surface area (Å²) in [6.45, 7) is 11.1. The van der Waals surface area contributed by atoms with E-state index in [4.69, 9.17) is 0 Å². The maximum atomic E-state index is 15.8. The lowest BCUT2D eigenvalue weighted by molar-refractivity contribution is -0.0855. The molecule has 1 atom stereocenters. The Morgan fingerprint density at radius 3 is 2.63 bits per heavy atom. The Kier molecular flexibility index (Phi) is 7.56. The molecule has 0 radical (unpaired) electrons. The third-order valence-electron chi connectivity index (χ3n) is 9.34. The molecule has 2 aromatic rings. The number of halogens is 2. The average molecular weight is 560 g/mol. The van der Waals surface area contributed by atoms with Gasteiger partial charge in [0.2, 0.25) is 0 Å². The van der Waals surface area contributed by atoms with Crippen LogP contribution in [0.25, 0.3) is 6.08 Å². The summed E-state index contributed by atoms with van der Waals surface area (Å²) in [5, 5.41) is 17.1. The van der Waals surface area contributed by atoms with Gasteiger partial charge in [0.25, 0.3) is 5.92 Å². The molecule has 2 fully saturated rings. The Morgan fingerprint density at radius 1 is 1.07 bits per heavy atom. The van der Waals surface area contributed by atoms with Crippen molar-refractivity contribution in [3.05, 3.63) is 65.1 Å². The normalized spacial score (nSPS) is 27.6. The van der Waals surface area contributed by atoms with Crippen LogP contribution in [-0.4, -0.2) is 54.1 Å². The van der Waals surface area contributed by atoms with Crippen molar-refractivity contribution in [1.82, 2.24) is 20.2 Å². The van der Waals surface area contributed by atoms with Crippen LogP contribution in [0.15, 0.2) is 48.4 Å². The largest absolute Gasteiger partial charge is 0.363 e. The van der Waals surface area contributed by atoms with Gasteiger partial charge in [0, 0.05) is 36.3 Å². The predicted molar refractivity (Wildman–Crippen MR) is 157 cm³/mol. The summed E-state index contributed by atoms with van der Waals surface area (Å²) in [7, 11) is 0. The van der Waals surface area contributed by atoms with Crippen molar-refractivity contribution >= 4 is 17.7 Å². The number of hydrogen-bond donors (Lipinski definition) is 2. The van der Waals surface area contributed by atoms with Gasteiger partial charge in [-0.2, -0.15) is 5.26 Å². The summed E-state index contributed by atoms with van der Waals surface area (Å²) >= 11 is 0. The lowest BCUT2D eigenvalue weighted by Crippen LogP contribution is -2.40. The highest BCUT2D eigenvalue weighted by Crippen LogP contribution is 2.56. The minimum absolute atomic E-state index is 0.0816. The Labute approximate surface area is 241 Å². The number of alkyl halides is 2. The lowest BCUT2D eigenvalue weighted by Gasteiger charge is -2.36. The van der Waals surface area contributed by atoms with Gasteiger partial charge in [-0.1, -0.05) is 24.8 Å². The Morgan fingerprint density at radius 2 is 1.88 bits per heavy atom. The molecule has 1 aliphatic carbocycles. The lowest BCUT2D eigenvalue weighted by atomic mass is 9.85. The number of piperidine rings is 1. The van der Waals surface area contributed by atoms with E-state index in [1.54, 1.807) is 18.2 Å². The van der Waals surface area contributed by atoms with Gasteiger partial charge in [0.15, 0.2) is 0 Å². The van der Waals surface area contributed by atoms with Crippen LogP contribution in [0, 0.1) is 22.7 Å². The summed E-state index contributed by atoms with van der Waals surface area (Å²) in [6, 6.07) is 9.08. The van der Waals surface area contributed by atoms with Crippen molar-refractivity contribution in [3.63, 3.8) is 0 Å². The molecule has 1 saturated carbocycles. The van der Waals surface area contributed by atoms with Gasteiger partial charge in [-0.25, -0.2) is 18.7 Å². The summed E-state index contributed by atoms with van der Waals surface area (Å²) in [4.78, 5) is 13.6. The standard InChI is InChI=1S/C32H39F2N7/c1-22-24-6-5-7-26(18-24)32(33,34)25-8-15-40(16-9-25)14-4-3-12-36-13-17-41-23(2)28(31(20-35)10-11-31)19-27-29(39-22)37-21-38-30(27)41/h5-7,18-19,21-22,25,36H,2-4,8-17H2,1H3,(H,37,38,39)/t22-/m1/s1. The van der Waals surface area contributed by atoms with E-state index in [1.165, 1.54) is 6.33 Å². The molecular formula is C32H39F2N7. The number of nitrogens with zero attached hydrogens (tertiary/aromatic N) is 5. The SMILES string of the molecule is C=C1C(C2(C#N)CC2)=Cc2c3ncnc2N1CCNCCCCN1CCC(CC1)C(F)(F)c1cccc(c1)[C@@H](C)N3. The second-order valence-electron chi connectivity index (χ2n) is 12.0. The highest BCUT2D eigenvalue weighted by atomic mass is 19.3. The van der Waals surface area contributed by atoms with Gasteiger partial charge in [0.1, 0.15) is 18.0 Å². The number of anilines is 2. The molecule has 7 rings (SSSR count). The second-order valence-corrected chi connectivity index (χ2v) is 12.0. The minimum Gasteiger partial charge on any atom is -0.363 e. The fourth-order valence-corrected chi connectivity index (χ4v) is 6.53. The molecule has 2 N–H and O–H groups in total. The fraction of sp³-hybridized carbons (Fsp3) is 0.531.